The fourth-order valence-electron chi connectivity index (χ4n) is 0.784. The van der Waals surface area contributed by atoms with E-state index in [9.17, 15) is 9.59 Å². The Morgan fingerprint density at radius 1 is 1.36 bits per heavy atom. The SMILES string of the molecule is C.C[C@@H](C(=O)N(C)C)C(C)(C)[C-]=O.[W]. The molecule has 0 unspecified atom stereocenters. The Labute approximate surface area is 102 Å². The van der Waals surface area contributed by atoms with E-state index >= 15 is 0 Å². The molecule has 0 saturated carbocycles. The summed E-state index contributed by atoms with van der Waals surface area (Å²) in [6.45, 7) is 5.17. The summed E-state index contributed by atoms with van der Waals surface area (Å²) in [6.07, 6.45) is 1.88. The van der Waals surface area contributed by atoms with Crippen molar-refractivity contribution in [3.05, 3.63) is 0 Å². The minimum Gasteiger partial charge on any atom is -0.541 e. The van der Waals surface area contributed by atoms with Crippen molar-refractivity contribution in [3.8, 4) is 0 Å². The van der Waals surface area contributed by atoms with E-state index in [2.05, 4.69) is 0 Å². The molecule has 0 heterocycles. The molecule has 0 spiro atoms. The van der Waals surface area contributed by atoms with Crippen molar-refractivity contribution < 1.29 is 30.7 Å². The molecule has 1 amide bonds. The first-order valence-electron chi connectivity index (χ1n) is 3.93. The van der Waals surface area contributed by atoms with Gasteiger partial charge in [0.2, 0.25) is 5.91 Å². The van der Waals surface area contributed by atoms with E-state index in [0.29, 0.717) is 0 Å². The Bertz CT molecular complexity index is 191. The van der Waals surface area contributed by atoms with Gasteiger partial charge in [-0.3, -0.25) is 11.1 Å². The second-order valence-electron chi connectivity index (χ2n) is 3.78. The number of rotatable bonds is 3. The van der Waals surface area contributed by atoms with E-state index in [1.807, 2.05) is 6.29 Å². The van der Waals surface area contributed by atoms with E-state index in [1.54, 1.807) is 34.9 Å². The molecular formula is C10H20NO2W-. The maximum Gasteiger partial charge on any atom is 0.223 e. The molecule has 0 radical (unpaired) electrons. The third-order valence-corrected chi connectivity index (χ3v) is 2.16. The number of nitrogens with zero attached hydrogens (tertiary/aromatic N) is 1. The van der Waals surface area contributed by atoms with E-state index < -0.39 is 5.41 Å². The summed E-state index contributed by atoms with van der Waals surface area (Å²) in [5.41, 5.74) is -0.693. The third kappa shape index (κ3) is 4.90. The van der Waals surface area contributed by atoms with E-state index in [0.717, 1.165) is 0 Å². The zero-order valence-electron chi connectivity index (χ0n) is 8.75. The Balaban J connectivity index is -0.000000605. The van der Waals surface area contributed by atoms with Crippen LogP contribution in [0.1, 0.15) is 28.2 Å². The van der Waals surface area contributed by atoms with Crippen molar-refractivity contribution >= 4 is 12.2 Å². The van der Waals surface area contributed by atoms with E-state index in [1.165, 1.54) is 4.90 Å². The molecule has 14 heavy (non-hydrogen) atoms. The molecule has 3 nitrogen and oxygen atoms in total. The summed E-state index contributed by atoms with van der Waals surface area (Å²) in [5, 5.41) is 0. The third-order valence-electron chi connectivity index (χ3n) is 2.16. The summed E-state index contributed by atoms with van der Waals surface area (Å²) in [6, 6.07) is 0. The molecule has 0 saturated heterocycles. The van der Waals surface area contributed by atoms with Crippen LogP contribution in [0.5, 0.6) is 0 Å². The smallest absolute Gasteiger partial charge is 0.223 e. The standard InChI is InChI=1S/C9H16NO2.CH4.W/c1-7(8(12)10(4)5)9(2,3)6-11;;/h7H,1-5H3;1H4;/q-1;;/t7-;;/m0../s1. The van der Waals surface area contributed by atoms with Gasteiger partial charge in [0, 0.05) is 41.1 Å². The minimum absolute atomic E-state index is 0. The van der Waals surface area contributed by atoms with Crippen molar-refractivity contribution in [1.82, 2.24) is 4.90 Å². The van der Waals surface area contributed by atoms with Gasteiger partial charge < -0.3 is 9.69 Å². The van der Waals surface area contributed by atoms with Crippen LogP contribution in [0.2, 0.25) is 0 Å². The van der Waals surface area contributed by atoms with E-state index in [4.69, 9.17) is 0 Å². The predicted molar refractivity (Wildman–Crippen MR) is 54.1 cm³/mol. The molecule has 0 aliphatic rings. The molecule has 1 atom stereocenters. The van der Waals surface area contributed by atoms with E-state index in [-0.39, 0.29) is 40.3 Å². The van der Waals surface area contributed by atoms with Gasteiger partial charge in [0.25, 0.3) is 0 Å². The molecule has 0 aromatic carbocycles. The molecule has 0 rings (SSSR count). The Hall–Kier alpha value is -0.172. The monoisotopic (exact) mass is 370 g/mol. The first kappa shape index (κ1) is 19.4. The molecule has 0 aliphatic heterocycles. The molecule has 0 aromatic rings. The van der Waals surface area contributed by atoms with Gasteiger partial charge >= 0.3 is 0 Å². The van der Waals surface area contributed by atoms with Gasteiger partial charge in [-0.2, -0.15) is 0 Å². The summed E-state index contributed by atoms with van der Waals surface area (Å²) < 4.78 is 0. The molecule has 4 heteroatoms. The van der Waals surface area contributed by atoms with Gasteiger partial charge in [-0.05, 0) is 0 Å². The van der Waals surface area contributed by atoms with Gasteiger partial charge in [-0.25, -0.2) is 0 Å². The number of carbonyl (C=O) groups excluding carboxylic acids is 2. The zero-order chi connectivity index (χ0) is 9.94. The van der Waals surface area contributed by atoms with Crippen molar-refractivity contribution in [2.24, 2.45) is 11.3 Å². The van der Waals surface area contributed by atoms with Crippen molar-refractivity contribution in [2.45, 2.75) is 28.2 Å². The molecule has 0 aliphatic carbocycles. The summed E-state index contributed by atoms with van der Waals surface area (Å²) in [5.74, 6) is -0.353. The first-order chi connectivity index (χ1) is 5.33. The average Bonchev–Trinajstić information content (AvgIpc) is 2.01. The van der Waals surface area contributed by atoms with Crippen LogP contribution in [0.15, 0.2) is 0 Å². The summed E-state index contributed by atoms with van der Waals surface area (Å²) in [4.78, 5) is 23.4. The second kappa shape index (κ2) is 7.16. The van der Waals surface area contributed by atoms with Crippen LogP contribution in [-0.4, -0.2) is 31.2 Å². The summed E-state index contributed by atoms with van der Waals surface area (Å²) >= 11 is 0. The number of hydrogen-bond acceptors (Lipinski definition) is 2. The Morgan fingerprint density at radius 3 is 1.93 bits per heavy atom. The average molecular weight is 370 g/mol. The fraction of sp³-hybridized carbons (Fsp3) is 0.800. The Kier molecular flexibility index (Phi) is 9.93. The quantitative estimate of drug-likeness (QED) is 0.706. The molecular weight excluding hydrogens is 350 g/mol. The molecule has 0 fully saturated rings. The molecule has 0 N–H and O–H groups in total. The zero-order valence-corrected chi connectivity index (χ0v) is 11.7. The molecule has 84 valence electrons. The summed E-state index contributed by atoms with van der Waals surface area (Å²) in [7, 11) is 3.36. The second-order valence-corrected chi connectivity index (χ2v) is 3.78. The minimum atomic E-state index is -0.693. The van der Waals surface area contributed by atoms with Gasteiger partial charge in [0.1, 0.15) is 0 Å². The van der Waals surface area contributed by atoms with Crippen LogP contribution in [0, 0.1) is 11.3 Å². The van der Waals surface area contributed by atoms with Gasteiger partial charge in [-0.15, -0.1) is 5.41 Å². The van der Waals surface area contributed by atoms with Crippen molar-refractivity contribution in [1.29, 1.82) is 0 Å². The predicted octanol–water partition coefficient (Wildman–Crippen LogP) is 1.48. The fourth-order valence-corrected chi connectivity index (χ4v) is 0.784. The Morgan fingerprint density at radius 2 is 1.71 bits per heavy atom. The number of carbonyl (C=O) groups is 1. The van der Waals surface area contributed by atoms with Crippen LogP contribution in [0.4, 0.5) is 0 Å². The maximum absolute atomic E-state index is 11.4. The van der Waals surface area contributed by atoms with Crippen LogP contribution in [0.25, 0.3) is 0 Å². The van der Waals surface area contributed by atoms with Gasteiger partial charge in [-0.1, -0.05) is 28.2 Å². The molecule has 0 aromatic heterocycles. The topological polar surface area (TPSA) is 37.4 Å². The van der Waals surface area contributed by atoms with Gasteiger partial charge in [0.15, 0.2) is 0 Å². The normalized spacial score (nSPS) is 11.8. The number of amides is 1. The van der Waals surface area contributed by atoms with Crippen LogP contribution >= 0.6 is 0 Å². The molecule has 0 bridgehead atoms. The van der Waals surface area contributed by atoms with Crippen LogP contribution in [-0.2, 0) is 30.7 Å². The maximum atomic E-state index is 11.4. The van der Waals surface area contributed by atoms with Gasteiger partial charge in [0.05, 0.1) is 0 Å². The van der Waals surface area contributed by atoms with Crippen LogP contribution in [0.3, 0.4) is 0 Å². The van der Waals surface area contributed by atoms with Crippen molar-refractivity contribution in [3.63, 3.8) is 0 Å². The largest absolute Gasteiger partial charge is 0.541 e. The van der Waals surface area contributed by atoms with Crippen LogP contribution < -0.4 is 0 Å². The van der Waals surface area contributed by atoms with Crippen molar-refractivity contribution in [2.75, 3.05) is 14.1 Å². The number of hydrogen-bond donors (Lipinski definition) is 0. The first-order valence-corrected chi connectivity index (χ1v) is 3.93.